The van der Waals surface area contributed by atoms with E-state index in [1.54, 1.807) is 12.1 Å². The maximum absolute atomic E-state index is 12.6. The molecule has 21 heavy (non-hydrogen) atoms. The number of hydrogen-bond donors (Lipinski definition) is 2. The van der Waals surface area contributed by atoms with Gasteiger partial charge >= 0.3 is 0 Å². The van der Waals surface area contributed by atoms with Crippen molar-refractivity contribution in [3.8, 4) is 0 Å². The third kappa shape index (κ3) is 4.32. The molecule has 6 nitrogen and oxygen atoms in total. The van der Waals surface area contributed by atoms with E-state index in [2.05, 4.69) is 10.6 Å². The zero-order valence-electron chi connectivity index (χ0n) is 12.6. The molecule has 6 heteroatoms. The summed E-state index contributed by atoms with van der Waals surface area (Å²) in [6.45, 7) is 7.04. The largest absolute Gasteiger partial charge is 0.459 e. The molecule has 2 N–H and O–H groups in total. The molecular weight excluding hydrogens is 270 g/mol. The highest BCUT2D eigenvalue weighted by Gasteiger charge is 2.28. The fourth-order valence-electron chi connectivity index (χ4n) is 2.44. The second-order valence-electron chi connectivity index (χ2n) is 5.71. The molecule has 1 saturated heterocycles. The molecule has 0 spiro atoms. The molecule has 2 rings (SSSR count). The van der Waals surface area contributed by atoms with Gasteiger partial charge in [0, 0.05) is 26.2 Å². The van der Waals surface area contributed by atoms with E-state index in [1.807, 2.05) is 18.7 Å². The SMILES string of the molecule is CC(C)C[C@@H](NC(=O)c1ccco1)C(=O)N1CCNCC1. The second-order valence-corrected chi connectivity index (χ2v) is 5.71. The minimum atomic E-state index is -0.499. The van der Waals surface area contributed by atoms with Crippen molar-refractivity contribution in [3.05, 3.63) is 24.2 Å². The van der Waals surface area contributed by atoms with Crippen molar-refractivity contribution in [2.75, 3.05) is 26.2 Å². The molecule has 0 bridgehead atoms. The first-order valence-corrected chi connectivity index (χ1v) is 7.42. The number of carbonyl (C=O) groups excluding carboxylic acids is 2. The van der Waals surface area contributed by atoms with E-state index in [-0.39, 0.29) is 17.6 Å². The number of carbonyl (C=O) groups is 2. The number of rotatable bonds is 5. The van der Waals surface area contributed by atoms with E-state index in [0.29, 0.717) is 25.4 Å². The Morgan fingerprint density at radius 3 is 2.67 bits per heavy atom. The van der Waals surface area contributed by atoms with E-state index in [4.69, 9.17) is 4.42 Å². The topological polar surface area (TPSA) is 74.6 Å². The van der Waals surface area contributed by atoms with Crippen molar-refractivity contribution in [3.63, 3.8) is 0 Å². The van der Waals surface area contributed by atoms with E-state index < -0.39 is 6.04 Å². The zero-order valence-corrected chi connectivity index (χ0v) is 12.6. The van der Waals surface area contributed by atoms with Gasteiger partial charge in [0.25, 0.3) is 5.91 Å². The summed E-state index contributed by atoms with van der Waals surface area (Å²) in [5.74, 6) is 0.204. The standard InChI is InChI=1S/C15H23N3O3/c1-11(2)10-12(15(20)18-7-5-16-6-8-18)17-14(19)13-4-3-9-21-13/h3-4,9,11-12,16H,5-8,10H2,1-2H3,(H,17,19)/t12-/m1/s1. The third-order valence-electron chi connectivity index (χ3n) is 3.48. The van der Waals surface area contributed by atoms with Crippen LogP contribution in [0.5, 0.6) is 0 Å². The Labute approximate surface area is 124 Å². The van der Waals surface area contributed by atoms with Crippen LogP contribution in [-0.2, 0) is 4.79 Å². The van der Waals surface area contributed by atoms with Crippen LogP contribution in [0.25, 0.3) is 0 Å². The number of amides is 2. The van der Waals surface area contributed by atoms with Gasteiger partial charge in [-0.3, -0.25) is 9.59 Å². The lowest BCUT2D eigenvalue weighted by atomic mass is 10.0. The molecule has 1 aromatic heterocycles. The summed E-state index contributed by atoms with van der Waals surface area (Å²) in [7, 11) is 0. The molecule has 0 aromatic carbocycles. The van der Waals surface area contributed by atoms with Gasteiger partial charge < -0.3 is 20.0 Å². The van der Waals surface area contributed by atoms with Crippen molar-refractivity contribution >= 4 is 11.8 Å². The molecule has 1 atom stereocenters. The Bertz CT molecular complexity index is 465. The van der Waals surface area contributed by atoms with Crippen molar-refractivity contribution < 1.29 is 14.0 Å². The fraction of sp³-hybridized carbons (Fsp3) is 0.600. The zero-order chi connectivity index (χ0) is 15.2. The average molecular weight is 293 g/mol. The highest BCUT2D eigenvalue weighted by Crippen LogP contribution is 2.10. The Balaban J connectivity index is 2.02. The van der Waals surface area contributed by atoms with Crippen LogP contribution in [0.1, 0.15) is 30.8 Å². The Kier molecular flexibility index (Phi) is 5.38. The summed E-state index contributed by atoms with van der Waals surface area (Å²) in [4.78, 5) is 26.5. The normalized spacial score (nSPS) is 16.8. The quantitative estimate of drug-likeness (QED) is 0.844. The van der Waals surface area contributed by atoms with Gasteiger partial charge in [0.1, 0.15) is 6.04 Å². The molecule has 1 aliphatic heterocycles. The van der Waals surface area contributed by atoms with Gasteiger partial charge in [-0.2, -0.15) is 0 Å². The molecule has 1 fully saturated rings. The monoisotopic (exact) mass is 293 g/mol. The summed E-state index contributed by atoms with van der Waals surface area (Å²) < 4.78 is 5.08. The first-order valence-electron chi connectivity index (χ1n) is 7.42. The summed E-state index contributed by atoms with van der Waals surface area (Å²) in [5, 5.41) is 6.02. The fourth-order valence-corrected chi connectivity index (χ4v) is 2.44. The van der Waals surface area contributed by atoms with Gasteiger partial charge in [0.2, 0.25) is 5.91 Å². The number of piperazine rings is 1. The molecule has 0 saturated carbocycles. The van der Waals surface area contributed by atoms with Gasteiger partial charge in [0.15, 0.2) is 5.76 Å². The number of nitrogens with zero attached hydrogens (tertiary/aromatic N) is 1. The smallest absolute Gasteiger partial charge is 0.287 e. The van der Waals surface area contributed by atoms with Gasteiger partial charge in [-0.25, -0.2) is 0 Å². The van der Waals surface area contributed by atoms with Gasteiger partial charge in [-0.1, -0.05) is 13.8 Å². The summed E-state index contributed by atoms with van der Waals surface area (Å²) in [6.07, 6.45) is 2.07. The van der Waals surface area contributed by atoms with Crippen molar-refractivity contribution in [1.29, 1.82) is 0 Å². The third-order valence-corrected chi connectivity index (χ3v) is 3.48. The van der Waals surface area contributed by atoms with Crippen LogP contribution in [-0.4, -0.2) is 48.9 Å². The maximum Gasteiger partial charge on any atom is 0.287 e. The van der Waals surface area contributed by atoms with Crippen LogP contribution < -0.4 is 10.6 Å². The molecule has 2 heterocycles. The predicted molar refractivity (Wildman–Crippen MR) is 78.9 cm³/mol. The van der Waals surface area contributed by atoms with Gasteiger partial charge in [-0.15, -0.1) is 0 Å². The van der Waals surface area contributed by atoms with Crippen molar-refractivity contribution in [1.82, 2.24) is 15.5 Å². The van der Waals surface area contributed by atoms with Gasteiger partial charge in [0.05, 0.1) is 6.26 Å². The van der Waals surface area contributed by atoms with E-state index in [0.717, 1.165) is 13.1 Å². The summed E-state index contributed by atoms with van der Waals surface area (Å²) >= 11 is 0. The van der Waals surface area contributed by atoms with Crippen LogP contribution in [0.15, 0.2) is 22.8 Å². The van der Waals surface area contributed by atoms with Crippen LogP contribution in [0.2, 0.25) is 0 Å². The van der Waals surface area contributed by atoms with Crippen LogP contribution in [0.3, 0.4) is 0 Å². The molecule has 0 radical (unpaired) electrons. The molecule has 1 aromatic rings. The number of furan rings is 1. The lowest BCUT2D eigenvalue weighted by Crippen LogP contribution is -2.54. The average Bonchev–Trinajstić information content (AvgIpc) is 3.00. The highest BCUT2D eigenvalue weighted by atomic mass is 16.3. The Morgan fingerprint density at radius 2 is 2.10 bits per heavy atom. The molecular formula is C15H23N3O3. The van der Waals surface area contributed by atoms with Crippen LogP contribution >= 0.6 is 0 Å². The summed E-state index contributed by atoms with van der Waals surface area (Å²) in [5.41, 5.74) is 0. The number of nitrogens with one attached hydrogen (secondary N) is 2. The molecule has 116 valence electrons. The first-order chi connectivity index (χ1) is 10.1. The second kappa shape index (κ2) is 7.26. The lowest BCUT2D eigenvalue weighted by molar-refractivity contribution is -0.134. The van der Waals surface area contributed by atoms with Crippen LogP contribution in [0.4, 0.5) is 0 Å². The van der Waals surface area contributed by atoms with Crippen LogP contribution in [0, 0.1) is 5.92 Å². The summed E-state index contributed by atoms with van der Waals surface area (Å²) in [6, 6.07) is 2.75. The molecule has 1 aliphatic rings. The minimum absolute atomic E-state index is 0.00916. The lowest BCUT2D eigenvalue weighted by Gasteiger charge is -2.31. The number of hydrogen-bond acceptors (Lipinski definition) is 4. The molecule has 0 aliphatic carbocycles. The molecule has 0 unspecified atom stereocenters. The highest BCUT2D eigenvalue weighted by molar-refractivity contribution is 5.95. The van der Waals surface area contributed by atoms with E-state index in [1.165, 1.54) is 6.26 Å². The van der Waals surface area contributed by atoms with Crippen molar-refractivity contribution in [2.24, 2.45) is 5.92 Å². The van der Waals surface area contributed by atoms with Gasteiger partial charge in [-0.05, 0) is 24.5 Å². The maximum atomic E-state index is 12.6. The van der Waals surface area contributed by atoms with E-state index >= 15 is 0 Å². The predicted octanol–water partition coefficient (Wildman–Crippen LogP) is 0.856. The Morgan fingerprint density at radius 1 is 1.38 bits per heavy atom. The van der Waals surface area contributed by atoms with Crippen molar-refractivity contribution in [2.45, 2.75) is 26.3 Å². The van der Waals surface area contributed by atoms with E-state index in [9.17, 15) is 9.59 Å². The first kappa shape index (κ1) is 15.6. The molecule has 2 amide bonds. The Hall–Kier alpha value is -1.82. The minimum Gasteiger partial charge on any atom is -0.459 e.